The first-order valence-electron chi connectivity index (χ1n) is 6.09. The third kappa shape index (κ3) is 3.77. The summed E-state index contributed by atoms with van der Waals surface area (Å²) in [4.78, 5) is 11.6. The lowest BCUT2D eigenvalue weighted by molar-refractivity contribution is -0.127. The molecule has 1 N–H and O–H groups in total. The van der Waals surface area contributed by atoms with Gasteiger partial charge in [-0.05, 0) is 31.4 Å². The number of carbonyl (C=O) groups is 1. The first kappa shape index (κ1) is 13.6. The predicted octanol–water partition coefficient (Wildman–Crippen LogP) is 2.71. The molecule has 1 amide bonds. The van der Waals surface area contributed by atoms with Crippen LogP contribution in [0.5, 0.6) is 5.75 Å². The number of hydrogen-bond donors (Lipinski definition) is 1. The van der Waals surface area contributed by atoms with Gasteiger partial charge in [0, 0.05) is 6.54 Å². The molecule has 0 saturated heterocycles. The third-order valence-corrected chi connectivity index (χ3v) is 2.56. The van der Waals surface area contributed by atoms with E-state index in [4.69, 9.17) is 4.74 Å². The van der Waals surface area contributed by atoms with Gasteiger partial charge < -0.3 is 10.1 Å². The van der Waals surface area contributed by atoms with E-state index in [0.29, 0.717) is 12.5 Å². The first-order valence-corrected chi connectivity index (χ1v) is 6.09. The maximum Gasteiger partial charge on any atom is 0.260 e. The molecule has 0 spiro atoms. The summed E-state index contributed by atoms with van der Waals surface area (Å²) >= 11 is 0. The lowest BCUT2D eigenvalue weighted by Gasteiger charge is -2.18. The number of rotatable bonds is 5. The van der Waals surface area contributed by atoms with Crippen LogP contribution in [-0.2, 0) is 4.79 Å². The smallest absolute Gasteiger partial charge is 0.260 e. The van der Waals surface area contributed by atoms with E-state index >= 15 is 0 Å². The molecule has 3 nitrogen and oxygen atoms in total. The Balaban J connectivity index is 2.77. The van der Waals surface area contributed by atoms with Gasteiger partial charge >= 0.3 is 0 Å². The van der Waals surface area contributed by atoms with Crippen molar-refractivity contribution in [3.05, 3.63) is 29.8 Å². The zero-order valence-corrected chi connectivity index (χ0v) is 11.0. The van der Waals surface area contributed by atoms with Crippen LogP contribution in [-0.4, -0.2) is 18.6 Å². The minimum Gasteiger partial charge on any atom is -0.481 e. The Morgan fingerprint density at radius 2 is 1.94 bits per heavy atom. The average Bonchev–Trinajstić information content (AvgIpc) is 2.29. The fourth-order valence-corrected chi connectivity index (χ4v) is 1.63. The largest absolute Gasteiger partial charge is 0.481 e. The van der Waals surface area contributed by atoms with Crippen LogP contribution in [0.25, 0.3) is 0 Å². The second-order valence-corrected chi connectivity index (χ2v) is 4.35. The number of para-hydroxylation sites is 1. The zero-order valence-electron chi connectivity index (χ0n) is 11.0. The van der Waals surface area contributed by atoms with E-state index in [9.17, 15) is 4.79 Å². The number of carbonyl (C=O) groups excluding carboxylic acids is 1. The van der Waals surface area contributed by atoms with Gasteiger partial charge in [0.2, 0.25) is 0 Å². The molecule has 0 aliphatic carbocycles. The number of nitrogens with one attached hydrogen (secondary N) is 1. The molecule has 1 rings (SSSR count). The van der Waals surface area contributed by atoms with E-state index in [2.05, 4.69) is 19.2 Å². The SMILES string of the molecule is CCNC(=O)[C@H](C)Oc1ccccc1C(C)C. The average molecular weight is 235 g/mol. The molecule has 0 fully saturated rings. The minimum atomic E-state index is -0.463. The van der Waals surface area contributed by atoms with Gasteiger partial charge in [-0.3, -0.25) is 4.79 Å². The molecule has 0 radical (unpaired) electrons. The molecule has 0 saturated carbocycles. The molecule has 3 heteroatoms. The van der Waals surface area contributed by atoms with E-state index in [0.717, 1.165) is 11.3 Å². The summed E-state index contributed by atoms with van der Waals surface area (Å²) in [6, 6.07) is 7.85. The maximum absolute atomic E-state index is 11.6. The van der Waals surface area contributed by atoms with E-state index in [-0.39, 0.29) is 5.91 Å². The topological polar surface area (TPSA) is 38.3 Å². The number of likely N-dealkylation sites (N-methyl/N-ethyl adjacent to an activating group) is 1. The highest BCUT2D eigenvalue weighted by molar-refractivity contribution is 5.80. The van der Waals surface area contributed by atoms with Crippen molar-refractivity contribution < 1.29 is 9.53 Å². The highest BCUT2D eigenvalue weighted by Gasteiger charge is 2.15. The second kappa shape index (κ2) is 6.28. The van der Waals surface area contributed by atoms with Crippen molar-refractivity contribution in [1.29, 1.82) is 0 Å². The molecule has 0 heterocycles. The van der Waals surface area contributed by atoms with Crippen LogP contribution < -0.4 is 10.1 Å². The Morgan fingerprint density at radius 3 is 2.53 bits per heavy atom. The molecular weight excluding hydrogens is 214 g/mol. The van der Waals surface area contributed by atoms with Crippen LogP contribution in [0, 0.1) is 0 Å². The van der Waals surface area contributed by atoms with Crippen molar-refractivity contribution in [3.63, 3.8) is 0 Å². The number of ether oxygens (including phenoxy) is 1. The summed E-state index contributed by atoms with van der Waals surface area (Å²) in [5, 5.41) is 2.75. The maximum atomic E-state index is 11.6. The van der Waals surface area contributed by atoms with Crippen LogP contribution in [0.15, 0.2) is 24.3 Å². The normalized spacial score (nSPS) is 12.3. The van der Waals surface area contributed by atoms with Gasteiger partial charge in [0.15, 0.2) is 6.10 Å². The molecule has 17 heavy (non-hydrogen) atoms. The summed E-state index contributed by atoms with van der Waals surface area (Å²) < 4.78 is 5.71. The van der Waals surface area contributed by atoms with Crippen LogP contribution in [0.1, 0.15) is 39.2 Å². The molecule has 0 bridgehead atoms. The second-order valence-electron chi connectivity index (χ2n) is 4.35. The molecule has 0 aromatic heterocycles. The Hall–Kier alpha value is -1.51. The lowest BCUT2D eigenvalue weighted by Crippen LogP contribution is -2.36. The fraction of sp³-hybridized carbons (Fsp3) is 0.500. The van der Waals surface area contributed by atoms with Gasteiger partial charge in [0.1, 0.15) is 5.75 Å². The van der Waals surface area contributed by atoms with Crippen molar-refractivity contribution >= 4 is 5.91 Å². The van der Waals surface area contributed by atoms with Gasteiger partial charge in [-0.15, -0.1) is 0 Å². The number of benzene rings is 1. The molecule has 1 atom stereocenters. The molecular formula is C14H21NO2. The van der Waals surface area contributed by atoms with E-state index in [1.807, 2.05) is 31.2 Å². The first-order chi connectivity index (χ1) is 8.06. The fourth-order valence-electron chi connectivity index (χ4n) is 1.63. The van der Waals surface area contributed by atoms with Crippen molar-refractivity contribution in [2.24, 2.45) is 0 Å². The molecule has 94 valence electrons. The summed E-state index contributed by atoms with van der Waals surface area (Å²) in [5.74, 6) is 1.10. The van der Waals surface area contributed by atoms with Crippen LogP contribution >= 0.6 is 0 Å². The highest BCUT2D eigenvalue weighted by Crippen LogP contribution is 2.26. The van der Waals surface area contributed by atoms with Crippen molar-refractivity contribution in [3.8, 4) is 5.75 Å². The molecule has 0 unspecified atom stereocenters. The van der Waals surface area contributed by atoms with Gasteiger partial charge in [-0.1, -0.05) is 32.0 Å². The standard InChI is InChI=1S/C14H21NO2/c1-5-15-14(16)11(4)17-13-9-7-6-8-12(13)10(2)3/h6-11H,5H2,1-4H3,(H,15,16)/t11-/m0/s1. The Kier molecular flexibility index (Phi) is 5.01. The van der Waals surface area contributed by atoms with Crippen LogP contribution in [0.3, 0.4) is 0 Å². The summed E-state index contributed by atoms with van der Waals surface area (Å²) in [6.07, 6.45) is -0.463. The van der Waals surface area contributed by atoms with Crippen LogP contribution in [0.2, 0.25) is 0 Å². The van der Waals surface area contributed by atoms with Crippen molar-refractivity contribution in [1.82, 2.24) is 5.32 Å². The number of hydrogen-bond acceptors (Lipinski definition) is 2. The Morgan fingerprint density at radius 1 is 1.29 bits per heavy atom. The Labute approximate surface area is 103 Å². The van der Waals surface area contributed by atoms with Crippen molar-refractivity contribution in [2.75, 3.05) is 6.54 Å². The van der Waals surface area contributed by atoms with E-state index in [1.54, 1.807) is 6.92 Å². The van der Waals surface area contributed by atoms with Gasteiger partial charge in [0.05, 0.1) is 0 Å². The minimum absolute atomic E-state index is 0.0777. The monoisotopic (exact) mass is 235 g/mol. The van der Waals surface area contributed by atoms with Gasteiger partial charge in [-0.25, -0.2) is 0 Å². The number of amides is 1. The Bertz CT molecular complexity index is 374. The lowest BCUT2D eigenvalue weighted by atomic mass is 10.0. The van der Waals surface area contributed by atoms with Crippen molar-refractivity contribution in [2.45, 2.75) is 39.7 Å². The van der Waals surface area contributed by atoms with E-state index < -0.39 is 6.10 Å². The highest BCUT2D eigenvalue weighted by atomic mass is 16.5. The summed E-state index contributed by atoms with van der Waals surface area (Å²) in [5.41, 5.74) is 1.13. The molecule has 1 aromatic rings. The van der Waals surface area contributed by atoms with Crippen LogP contribution in [0.4, 0.5) is 0 Å². The van der Waals surface area contributed by atoms with Gasteiger partial charge in [0.25, 0.3) is 5.91 Å². The molecule has 0 aliphatic rings. The van der Waals surface area contributed by atoms with Gasteiger partial charge in [-0.2, -0.15) is 0 Å². The molecule has 0 aliphatic heterocycles. The summed E-state index contributed by atoms with van der Waals surface area (Å²) in [7, 11) is 0. The zero-order chi connectivity index (χ0) is 12.8. The predicted molar refractivity (Wildman–Crippen MR) is 69.3 cm³/mol. The quantitative estimate of drug-likeness (QED) is 0.852. The van der Waals surface area contributed by atoms with E-state index in [1.165, 1.54) is 0 Å². The third-order valence-electron chi connectivity index (χ3n) is 2.56. The summed E-state index contributed by atoms with van der Waals surface area (Å²) in [6.45, 7) is 8.51. The molecule has 1 aromatic carbocycles.